The summed E-state index contributed by atoms with van der Waals surface area (Å²) in [5.74, 6) is 0.457. The van der Waals surface area contributed by atoms with Crippen LogP contribution >= 0.6 is 0 Å². The number of hydrogen-bond donors (Lipinski definition) is 1. The van der Waals surface area contributed by atoms with Crippen molar-refractivity contribution in [2.45, 2.75) is 56.4 Å². The second-order valence-electron chi connectivity index (χ2n) is 6.98. The zero-order valence-electron chi connectivity index (χ0n) is 12.9. The molecule has 3 nitrogen and oxygen atoms in total. The molecule has 1 heterocycles. The van der Waals surface area contributed by atoms with Gasteiger partial charge in [0.15, 0.2) is 9.84 Å². The van der Waals surface area contributed by atoms with Crippen molar-refractivity contribution in [1.82, 2.24) is 5.32 Å². The predicted octanol–water partition coefficient (Wildman–Crippen LogP) is 3.12. The van der Waals surface area contributed by atoms with Crippen molar-refractivity contribution in [2.75, 3.05) is 12.3 Å². The lowest BCUT2D eigenvalue weighted by atomic mass is 9.71. The summed E-state index contributed by atoms with van der Waals surface area (Å²) in [5.41, 5.74) is 1.18. The van der Waals surface area contributed by atoms with Crippen LogP contribution in [0.5, 0.6) is 0 Å². The third-order valence-electron chi connectivity index (χ3n) is 5.22. The highest BCUT2D eigenvalue weighted by atomic mass is 32.2. The van der Waals surface area contributed by atoms with E-state index in [1.807, 2.05) is 18.2 Å². The minimum atomic E-state index is -3.10. The molecule has 1 unspecified atom stereocenters. The fourth-order valence-corrected chi connectivity index (χ4v) is 6.10. The molecule has 4 heteroatoms. The number of hydrogen-bond acceptors (Lipinski definition) is 3. The van der Waals surface area contributed by atoms with Gasteiger partial charge in [0, 0.05) is 18.5 Å². The van der Waals surface area contributed by atoms with Gasteiger partial charge in [0.1, 0.15) is 0 Å². The van der Waals surface area contributed by atoms with Crippen molar-refractivity contribution in [3.8, 4) is 0 Å². The molecule has 2 aliphatic rings. The van der Waals surface area contributed by atoms with Crippen molar-refractivity contribution in [2.24, 2.45) is 5.41 Å². The van der Waals surface area contributed by atoms with Gasteiger partial charge in [-0.05, 0) is 29.9 Å². The van der Waals surface area contributed by atoms with Crippen molar-refractivity contribution >= 4 is 9.84 Å². The van der Waals surface area contributed by atoms with Crippen LogP contribution in [0.15, 0.2) is 29.2 Å². The van der Waals surface area contributed by atoms with Crippen LogP contribution in [0.3, 0.4) is 0 Å². The smallest absolute Gasteiger partial charge is 0.179 e. The molecule has 3 rings (SSSR count). The summed E-state index contributed by atoms with van der Waals surface area (Å²) in [6.07, 6.45) is 4.72. The molecule has 1 aliphatic carbocycles. The lowest BCUT2D eigenvalue weighted by molar-refractivity contribution is 0.226. The van der Waals surface area contributed by atoms with Gasteiger partial charge < -0.3 is 5.32 Å². The first kappa shape index (κ1) is 15.0. The van der Waals surface area contributed by atoms with Gasteiger partial charge in [0.2, 0.25) is 0 Å². The summed E-state index contributed by atoms with van der Waals surface area (Å²) in [5, 5.41) is 3.57. The molecule has 0 spiro atoms. The highest BCUT2D eigenvalue weighted by Crippen LogP contribution is 2.53. The summed E-state index contributed by atoms with van der Waals surface area (Å²) in [4.78, 5) is 0.575. The largest absolute Gasteiger partial charge is 0.314 e. The summed E-state index contributed by atoms with van der Waals surface area (Å²) in [6, 6.07) is 8.07. The molecule has 1 saturated carbocycles. The van der Waals surface area contributed by atoms with Gasteiger partial charge in [-0.25, -0.2) is 8.42 Å². The summed E-state index contributed by atoms with van der Waals surface area (Å²) in [7, 11) is -3.10. The molecule has 0 radical (unpaired) electrons. The van der Waals surface area contributed by atoms with Crippen molar-refractivity contribution in [3.63, 3.8) is 0 Å². The first-order valence-electron chi connectivity index (χ1n) is 8.00. The van der Waals surface area contributed by atoms with E-state index in [0.717, 1.165) is 24.9 Å². The number of nitrogens with one attached hydrogen (secondary N) is 1. The number of rotatable bonds is 4. The molecule has 1 fully saturated rings. The molecule has 1 N–H and O–H groups in total. The molecule has 0 saturated heterocycles. The Hall–Kier alpha value is -0.870. The first-order chi connectivity index (χ1) is 9.95. The Labute approximate surface area is 128 Å². The molecule has 1 aliphatic heterocycles. The highest BCUT2D eigenvalue weighted by molar-refractivity contribution is 7.91. The topological polar surface area (TPSA) is 46.2 Å². The van der Waals surface area contributed by atoms with Gasteiger partial charge in [-0.3, -0.25) is 0 Å². The van der Waals surface area contributed by atoms with E-state index in [1.54, 1.807) is 6.07 Å². The van der Waals surface area contributed by atoms with Crippen molar-refractivity contribution in [3.05, 3.63) is 29.8 Å². The van der Waals surface area contributed by atoms with Crippen LogP contribution < -0.4 is 5.32 Å². The Kier molecular flexibility index (Phi) is 3.87. The van der Waals surface area contributed by atoms with E-state index in [2.05, 4.69) is 19.2 Å². The average Bonchev–Trinajstić information content (AvgIpc) is 3.02. The van der Waals surface area contributed by atoms with Crippen LogP contribution in [0.2, 0.25) is 0 Å². The zero-order valence-corrected chi connectivity index (χ0v) is 13.7. The van der Waals surface area contributed by atoms with Crippen molar-refractivity contribution < 1.29 is 8.42 Å². The van der Waals surface area contributed by atoms with Crippen LogP contribution in [-0.4, -0.2) is 26.8 Å². The Morgan fingerprint density at radius 3 is 2.57 bits per heavy atom. The van der Waals surface area contributed by atoms with E-state index in [0.29, 0.717) is 16.7 Å². The van der Waals surface area contributed by atoms with E-state index in [1.165, 1.54) is 12.8 Å². The molecular formula is C17H25NO2S. The zero-order chi connectivity index (χ0) is 15.1. The van der Waals surface area contributed by atoms with E-state index in [-0.39, 0.29) is 11.3 Å². The molecule has 0 amide bonds. The van der Waals surface area contributed by atoms with Crippen LogP contribution in [0.1, 0.15) is 51.0 Å². The lowest BCUT2D eigenvalue weighted by Crippen LogP contribution is -2.40. The standard InChI is InChI=1S/C17H25NO2S/c1-13(2)18-12-17(9-5-6-10-17)15-11-21(19,20)16-8-4-3-7-14(15)16/h3-4,7-8,13,15,18H,5-6,9-12H2,1-2H3. The van der Waals surface area contributed by atoms with Gasteiger partial charge in [-0.2, -0.15) is 0 Å². The van der Waals surface area contributed by atoms with Gasteiger partial charge in [0.25, 0.3) is 0 Å². The normalized spacial score (nSPS) is 26.1. The van der Waals surface area contributed by atoms with Crippen LogP contribution in [-0.2, 0) is 9.84 Å². The van der Waals surface area contributed by atoms with Gasteiger partial charge in [-0.1, -0.05) is 44.9 Å². The molecule has 0 aromatic heterocycles. The fourth-order valence-electron chi connectivity index (χ4n) is 4.09. The molecule has 1 atom stereocenters. The number of sulfone groups is 1. The first-order valence-corrected chi connectivity index (χ1v) is 9.65. The SMILES string of the molecule is CC(C)NCC1(C2CS(=O)(=O)c3ccccc32)CCCC1. The molecule has 1 aromatic rings. The second-order valence-corrected chi connectivity index (χ2v) is 8.98. The Bertz CT molecular complexity index is 615. The minimum Gasteiger partial charge on any atom is -0.314 e. The molecular weight excluding hydrogens is 282 g/mol. The third-order valence-corrected chi connectivity index (χ3v) is 7.03. The molecule has 116 valence electrons. The average molecular weight is 307 g/mol. The maximum Gasteiger partial charge on any atom is 0.179 e. The summed E-state index contributed by atoms with van der Waals surface area (Å²) < 4.78 is 25.0. The van der Waals surface area contributed by atoms with E-state index in [4.69, 9.17) is 0 Å². The fraction of sp³-hybridized carbons (Fsp3) is 0.647. The van der Waals surface area contributed by atoms with Gasteiger partial charge in [0.05, 0.1) is 10.6 Å². The number of fused-ring (bicyclic) bond motifs is 1. The van der Waals surface area contributed by atoms with Crippen LogP contribution in [0, 0.1) is 5.41 Å². The Morgan fingerprint density at radius 1 is 1.24 bits per heavy atom. The second kappa shape index (κ2) is 5.40. The van der Waals surface area contributed by atoms with Crippen LogP contribution in [0.4, 0.5) is 0 Å². The Balaban J connectivity index is 1.98. The van der Waals surface area contributed by atoms with E-state index in [9.17, 15) is 8.42 Å². The summed E-state index contributed by atoms with van der Waals surface area (Å²) >= 11 is 0. The van der Waals surface area contributed by atoms with Crippen LogP contribution in [0.25, 0.3) is 0 Å². The van der Waals surface area contributed by atoms with Crippen molar-refractivity contribution in [1.29, 1.82) is 0 Å². The maximum absolute atomic E-state index is 12.5. The molecule has 0 bridgehead atoms. The Morgan fingerprint density at radius 2 is 1.90 bits per heavy atom. The van der Waals surface area contributed by atoms with Gasteiger partial charge >= 0.3 is 0 Å². The third kappa shape index (κ3) is 2.64. The van der Waals surface area contributed by atoms with Gasteiger partial charge in [-0.15, -0.1) is 0 Å². The van der Waals surface area contributed by atoms with E-state index >= 15 is 0 Å². The highest BCUT2D eigenvalue weighted by Gasteiger charge is 2.48. The number of benzene rings is 1. The predicted molar refractivity (Wildman–Crippen MR) is 85.3 cm³/mol. The lowest BCUT2D eigenvalue weighted by Gasteiger charge is -2.36. The molecule has 21 heavy (non-hydrogen) atoms. The quantitative estimate of drug-likeness (QED) is 0.929. The monoisotopic (exact) mass is 307 g/mol. The molecule has 1 aromatic carbocycles. The minimum absolute atomic E-state index is 0.115. The maximum atomic E-state index is 12.5. The van der Waals surface area contributed by atoms with E-state index < -0.39 is 9.84 Å². The summed E-state index contributed by atoms with van der Waals surface area (Å²) in [6.45, 7) is 5.24.